The molecular weight excluding hydrogens is 186 g/mol. The molecule has 0 spiro atoms. The van der Waals surface area contributed by atoms with Crippen molar-refractivity contribution in [2.45, 2.75) is 40.3 Å². The molecule has 1 aromatic rings. The summed E-state index contributed by atoms with van der Waals surface area (Å²) >= 11 is 0. The summed E-state index contributed by atoms with van der Waals surface area (Å²) in [5.74, 6) is 0. The van der Waals surface area contributed by atoms with Crippen LogP contribution in [0.2, 0.25) is 0 Å². The molecule has 0 bridgehead atoms. The summed E-state index contributed by atoms with van der Waals surface area (Å²) in [4.78, 5) is 0. The summed E-state index contributed by atoms with van der Waals surface area (Å²) in [7, 11) is 0. The van der Waals surface area contributed by atoms with E-state index in [1.807, 2.05) is 11.6 Å². The monoisotopic (exact) mass is 207 g/mol. The number of hydrogen-bond acceptors (Lipinski definition) is 2. The van der Waals surface area contributed by atoms with Crippen LogP contribution in [0.25, 0.3) is 0 Å². The fourth-order valence-corrected chi connectivity index (χ4v) is 1.79. The molecule has 0 saturated heterocycles. The fraction of sp³-hybridized carbons (Fsp3) is 0.583. The van der Waals surface area contributed by atoms with Crippen LogP contribution in [0, 0.1) is 6.92 Å². The van der Waals surface area contributed by atoms with Gasteiger partial charge in [-0.25, -0.2) is 0 Å². The van der Waals surface area contributed by atoms with Crippen LogP contribution in [0.4, 0.5) is 0 Å². The third-order valence-corrected chi connectivity index (χ3v) is 2.43. The van der Waals surface area contributed by atoms with Crippen LogP contribution >= 0.6 is 0 Å². The second-order valence-corrected chi connectivity index (χ2v) is 3.86. The van der Waals surface area contributed by atoms with Gasteiger partial charge in [-0.2, -0.15) is 5.10 Å². The highest BCUT2D eigenvalue weighted by Gasteiger charge is 2.16. The normalized spacial score (nSPS) is 12.8. The number of nitrogens with zero attached hydrogens (tertiary/aromatic N) is 2. The van der Waals surface area contributed by atoms with Crippen molar-refractivity contribution < 1.29 is 0 Å². The van der Waals surface area contributed by atoms with E-state index in [-0.39, 0.29) is 6.04 Å². The quantitative estimate of drug-likeness (QED) is 0.752. The molecule has 1 rings (SSSR count). The average molecular weight is 207 g/mol. The molecule has 1 atom stereocenters. The summed E-state index contributed by atoms with van der Waals surface area (Å²) in [6.07, 6.45) is 0. The van der Waals surface area contributed by atoms with E-state index in [9.17, 15) is 0 Å². The fourth-order valence-electron chi connectivity index (χ4n) is 1.79. The maximum absolute atomic E-state index is 4.45. The van der Waals surface area contributed by atoms with Crippen LogP contribution in [0.15, 0.2) is 18.2 Å². The second kappa shape index (κ2) is 5.12. The number of aryl methyl sites for hydroxylation is 2. The lowest BCUT2D eigenvalue weighted by Crippen LogP contribution is -2.24. The van der Waals surface area contributed by atoms with Crippen molar-refractivity contribution in [3.63, 3.8) is 0 Å². The van der Waals surface area contributed by atoms with Gasteiger partial charge in [-0.1, -0.05) is 19.1 Å². The molecule has 84 valence electrons. The number of nitrogens with one attached hydrogen (secondary N) is 1. The standard InChI is InChI=1S/C12H21N3/c1-6-13-12(9(3)4)11-8-10(5)14-15(11)7-2/h8,12-13H,3,6-7H2,1-2,4-5H3. The Morgan fingerprint density at radius 2 is 2.27 bits per heavy atom. The van der Waals surface area contributed by atoms with Gasteiger partial charge in [0.1, 0.15) is 0 Å². The molecule has 15 heavy (non-hydrogen) atoms. The Hall–Kier alpha value is -1.09. The SMILES string of the molecule is C=C(C)C(NCC)c1cc(C)nn1CC. The van der Waals surface area contributed by atoms with E-state index in [2.05, 4.69) is 43.8 Å². The number of rotatable bonds is 5. The smallest absolute Gasteiger partial charge is 0.0702 e. The molecule has 1 N–H and O–H groups in total. The van der Waals surface area contributed by atoms with Crippen molar-refractivity contribution >= 4 is 0 Å². The number of hydrogen-bond donors (Lipinski definition) is 1. The Kier molecular flexibility index (Phi) is 4.09. The maximum Gasteiger partial charge on any atom is 0.0702 e. The first-order valence-electron chi connectivity index (χ1n) is 5.53. The minimum absolute atomic E-state index is 0.219. The molecule has 3 heteroatoms. The van der Waals surface area contributed by atoms with Crippen molar-refractivity contribution in [2.24, 2.45) is 0 Å². The van der Waals surface area contributed by atoms with Crippen molar-refractivity contribution in [1.29, 1.82) is 0 Å². The zero-order valence-corrected chi connectivity index (χ0v) is 10.2. The summed E-state index contributed by atoms with van der Waals surface area (Å²) in [6.45, 7) is 14.2. The number of likely N-dealkylation sites (N-methyl/N-ethyl adjacent to an activating group) is 1. The van der Waals surface area contributed by atoms with Crippen molar-refractivity contribution in [3.8, 4) is 0 Å². The molecule has 0 aliphatic carbocycles. The first-order valence-corrected chi connectivity index (χ1v) is 5.53. The maximum atomic E-state index is 4.45. The Labute approximate surface area is 92.2 Å². The summed E-state index contributed by atoms with van der Waals surface area (Å²) < 4.78 is 2.04. The molecular formula is C12H21N3. The van der Waals surface area contributed by atoms with E-state index >= 15 is 0 Å². The van der Waals surface area contributed by atoms with Gasteiger partial charge in [-0.05, 0) is 33.4 Å². The first kappa shape index (κ1) is 12.0. The molecule has 3 nitrogen and oxygen atoms in total. The molecule has 0 fully saturated rings. The molecule has 1 unspecified atom stereocenters. The lowest BCUT2D eigenvalue weighted by molar-refractivity contribution is 0.536. The van der Waals surface area contributed by atoms with Gasteiger partial charge in [0, 0.05) is 6.54 Å². The topological polar surface area (TPSA) is 29.9 Å². The minimum Gasteiger partial charge on any atom is -0.306 e. The molecule has 0 aliphatic rings. The van der Waals surface area contributed by atoms with Gasteiger partial charge in [-0.3, -0.25) is 4.68 Å². The second-order valence-electron chi connectivity index (χ2n) is 3.86. The molecule has 1 heterocycles. The summed E-state index contributed by atoms with van der Waals surface area (Å²) in [5, 5.41) is 7.88. The van der Waals surface area contributed by atoms with E-state index < -0.39 is 0 Å². The molecule has 0 amide bonds. The first-order chi connectivity index (χ1) is 7.10. The van der Waals surface area contributed by atoms with Crippen LogP contribution < -0.4 is 5.32 Å². The third kappa shape index (κ3) is 2.69. The third-order valence-electron chi connectivity index (χ3n) is 2.43. The minimum atomic E-state index is 0.219. The largest absolute Gasteiger partial charge is 0.306 e. The number of aromatic nitrogens is 2. The highest BCUT2D eigenvalue weighted by molar-refractivity contribution is 5.21. The lowest BCUT2D eigenvalue weighted by Gasteiger charge is -2.18. The van der Waals surface area contributed by atoms with Crippen LogP contribution in [0.3, 0.4) is 0 Å². The van der Waals surface area contributed by atoms with Crippen LogP contribution in [0.5, 0.6) is 0 Å². The van der Waals surface area contributed by atoms with E-state index in [1.165, 1.54) is 5.69 Å². The van der Waals surface area contributed by atoms with Gasteiger partial charge in [0.2, 0.25) is 0 Å². The van der Waals surface area contributed by atoms with E-state index in [4.69, 9.17) is 0 Å². The highest BCUT2D eigenvalue weighted by Crippen LogP contribution is 2.20. The Balaban J connectivity index is 3.03. The van der Waals surface area contributed by atoms with Crippen molar-refractivity contribution in [1.82, 2.24) is 15.1 Å². The van der Waals surface area contributed by atoms with Gasteiger partial charge >= 0.3 is 0 Å². The van der Waals surface area contributed by atoms with Gasteiger partial charge in [0.05, 0.1) is 17.4 Å². The Morgan fingerprint density at radius 3 is 2.73 bits per heavy atom. The van der Waals surface area contributed by atoms with Gasteiger partial charge < -0.3 is 5.32 Å². The zero-order valence-electron chi connectivity index (χ0n) is 10.2. The Morgan fingerprint density at radius 1 is 1.60 bits per heavy atom. The molecule has 0 radical (unpaired) electrons. The predicted octanol–water partition coefficient (Wildman–Crippen LogP) is 2.44. The average Bonchev–Trinajstić information content (AvgIpc) is 2.55. The van der Waals surface area contributed by atoms with Crippen molar-refractivity contribution in [3.05, 3.63) is 29.6 Å². The molecule has 0 aliphatic heterocycles. The Bertz CT molecular complexity index is 339. The van der Waals surface area contributed by atoms with Gasteiger partial charge in [0.15, 0.2) is 0 Å². The van der Waals surface area contributed by atoms with Crippen LogP contribution in [0.1, 0.15) is 38.2 Å². The van der Waals surface area contributed by atoms with E-state index in [0.717, 1.165) is 24.4 Å². The summed E-state index contributed by atoms with van der Waals surface area (Å²) in [5.41, 5.74) is 3.41. The predicted molar refractivity (Wildman–Crippen MR) is 63.9 cm³/mol. The molecule has 0 aromatic carbocycles. The van der Waals surface area contributed by atoms with Crippen LogP contribution in [-0.2, 0) is 6.54 Å². The van der Waals surface area contributed by atoms with Crippen molar-refractivity contribution in [2.75, 3.05) is 6.54 Å². The van der Waals surface area contributed by atoms with E-state index in [1.54, 1.807) is 0 Å². The zero-order chi connectivity index (χ0) is 11.4. The molecule has 0 saturated carbocycles. The van der Waals surface area contributed by atoms with Gasteiger partial charge in [-0.15, -0.1) is 0 Å². The van der Waals surface area contributed by atoms with Gasteiger partial charge in [0.25, 0.3) is 0 Å². The van der Waals surface area contributed by atoms with Crippen LogP contribution in [-0.4, -0.2) is 16.3 Å². The highest BCUT2D eigenvalue weighted by atomic mass is 15.3. The molecule has 1 aromatic heterocycles. The summed E-state index contributed by atoms with van der Waals surface area (Å²) in [6, 6.07) is 2.35. The lowest BCUT2D eigenvalue weighted by atomic mass is 10.1. The van der Waals surface area contributed by atoms with E-state index in [0.29, 0.717) is 0 Å².